The summed E-state index contributed by atoms with van der Waals surface area (Å²) in [6, 6.07) is 13.6. The molecule has 2 aromatic rings. The van der Waals surface area contributed by atoms with Crippen molar-refractivity contribution in [3.8, 4) is 0 Å². The fraction of sp³-hybridized carbons (Fsp3) is 0.200. The summed E-state index contributed by atoms with van der Waals surface area (Å²) in [5.74, 6) is 0.00836. The zero-order valence-corrected chi connectivity index (χ0v) is 11.9. The molecule has 0 aliphatic heterocycles. The second kappa shape index (κ2) is 6.38. The van der Waals surface area contributed by atoms with Crippen LogP contribution >= 0.6 is 11.8 Å². The monoisotopic (exact) mass is 272 g/mol. The van der Waals surface area contributed by atoms with E-state index in [0.717, 1.165) is 9.92 Å². The molecule has 3 nitrogen and oxygen atoms in total. The zero-order chi connectivity index (χ0) is 13.7. The lowest BCUT2D eigenvalue weighted by molar-refractivity contribution is 0.0798. The Labute approximate surface area is 117 Å². The lowest BCUT2D eigenvalue weighted by Gasteiger charge is -2.16. The van der Waals surface area contributed by atoms with Crippen LogP contribution in [0.2, 0.25) is 0 Å². The molecule has 0 fully saturated rings. The Kier molecular flexibility index (Phi) is 4.58. The van der Waals surface area contributed by atoms with E-state index in [0.29, 0.717) is 12.1 Å². The SMILES string of the molecule is CCN(C)C(=O)c1cccnc1Sc1ccccc1. The van der Waals surface area contributed by atoms with Gasteiger partial charge in [0.05, 0.1) is 5.56 Å². The van der Waals surface area contributed by atoms with Crippen molar-refractivity contribution in [3.05, 3.63) is 54.2 Å². The van der Waals surface area contributed by atoms with Crippen LogP contribution in [0, 0.1) is 0 Å². The number of amides is 1. The van der Waals surface area contributed by atoms with Gasteiger partial charge in [0.25, 0.3) is 5.91 Å². The molecule has 0 spiro atoms. The molecule has 1 amide bonds. The highest BCUT2D eigenvalue weighted by molar-refractivity contribution is 7.99. The van der Waals surface area contributed by atoms with E-state index in [9.17, 15) is 4.79 Å². The van der Waals surface area contributed by atoms with Crippen LogP contribution in [-0.2, 0) is 0 Å². The first kappa shape index (κ1) is 13.6. The molecule has 1 aromatic carbocycles. The molecule has 0 saturated heterocycles. The summed E-state index contributed by atoms with van der Waals surface area (Å²) < 4.78 is 0. The molecular weight excluding hydrogens is 256 g/mol. The smallest absolute Gasteiger partial charge is 0.256 e. The molecule has 0 aliphatic rings. The molecule has 19 heavy (non-hydrogen) atoms. The Balaban J connectivity index is 2.29. The van der Waals surface area contributed by atoms with Gasteiger partial charge in [0.2, 0.25) is 0 Å². The van der Waals surface area contributed by atoms with E-state index in [1.54, 1.807) is 24.2 Å². The van der Waals surface area contributed by atoms with Crippen molar-refractivity contribution in [2.24, 2.45) is 0 Å². The summed E-state index contributed by atoms with van der Waals surface area (Å²) in [7, 11) is 1.80. The van der Waals surface area contributed by atoms with Gasteiger partial charge in [-0.05, 0) is 31.2 Å². The van der Waals surface area contributed by atoms with Gasteiger partial charge in [0.1, 0.15) is 5.03 Å². The number of benzene rings is 1. The van der Waals surface area contributed by atoms with Gasteiger partial charge in [-0.1, -0.05) is 30.0 Å². The van der Waals surface area contributed by atoms with Gasteiger partial charge >= 0.3 is 0 Å². The minimum Gasteiger partial charge on any atom is -0.342 e. The van der Waals surface area contributed by atoms with Crippen LogP contribution in [0.15, 0.2) is 58.6 Å². The fourth-order valence-corrected chi connectivity index (χ4v) is 2.48. The number of aromatic nitrogens is 1. The predicted octanol–water partition coefficient (Wildman–Crippen LogP) is 3.32. The molecule has 1 aromatic heterocycles. The van der Waals surface area contributed by atoms with Crippen LogP contribution in [0.5, 0.6) is 0 Å². The van der Waals surface area contributed by atoms with E-state index in [1.807, 2.05) is 43.3 Å². The lowest BCUT2D eigenvalue weighted by Crippen LogP contribution is -2.26. The lowest BCUT2D eigenvalue weighted by atomic mass is 10.2. The second-order valence-electron chi connectivity index (χ2n) is 4.09. The highest BCUT2D eigenvalue weighted by Crippen LogP contribution is 2.28. The Bertz CT molecular complexity index is 557. The first-order valence-electron chi connectivity index (χ1n) is 6.15. The van der Waals surface area contributed by atoms with E-state index < -0.39 is 0 Å². The van der Waals surface area contributed by atoms with Crippen molar-refractivity contribution >= 4 is 17.7 Å². The maximum Gasteiger partial charge on any atom is 0.256 e. The van der Waals surface area contributed by atoms with Crippen molar-refractivity contribution in [2.75, 3.05) is 13.6 Å². The highest BCUT2D eigenvalue weighted by atomic mass is 32.2. The van der Waals surface area contributed by atoms with Gasteiger partial charge in [-0.15, -0.1) is 0 Å². The summed E-state index contributed by atoms with van der Waals surface area (Å²) in [6.07, 6.45) is 1.72. The Morgan fingerprint density at radius 2 is 1.95 bits per heavy atom. The summed E-state index contributed by atoms with van der Waals surface area (Å²) in [5.41, 5.74) is 0.653. The maximum absolute atomic E-state index is 12.3. The number of carbonyl (C=O) groups excluding carboxylic acids is 1. The van der Waals surface area contributed by atoms with Gasteiger partial charge in [-0.25, -0.2) is 4.98 Å². The number of rotatable bonds is 4. The topological polar surface area (TPSA) is 33.2 Å². The van der Waals surface area contributed by atoms with Crippen LogP contribution in [0.25, 0.3) is 0 Å². The number of pyridine rings is 1. The van der Waals surface area contributed by atoms with Crippen LogP contribution in [-0.4, -0.2) is 29.4 Å². The molecule has 0 radical (unpaired) electrons. The van der Waals surface area contributed by atoms with E-state index in [1.165, 1.54) is 11.8 Å². The number of hydrogen-bond donors (Lipinski definition) is 0. The Morgan fingerprint density at radius 3 is 2.63 bits per heavy atom. The first-order chi connectivity index (χ1) is 9.22. The van der Waals surface area contributed by atoms with E-state index in [-0.39, 0.29) is 5.91 Å². The predicted molar refractivity (Wildman–Crippen MR) is 77.4 cm³/mol. The molecule has 2 rings (SSSR count). The third kappa shape index (κ3) is 3.35. The molecule has 0 atom stereocenters. The third-order valence-electron chi connectivity index (χ3n) is 2.78. The molecule has 0 saturated carbocycles. The van der Waals surface area contributed by atoms with Gasteiger partial charge in [-0.2, -0.15) is 0 Å². The highest BCUT2D eigenvalue weighted by Gasteiger charge is 2.16. The van der Waals surface area contributed by atoms with Gasteiger partial charge in [0, 0.05) is 24.7 Å². The van der Waals surface area contributed by atoms with Crippen molar-refractivity contribution in [2.45, 2.75) is 16.8 Å². The first-order valence-corrected chi connectivity index (χ1v) is 6.97. The van der Waals surface area contributed by atoms with Crippen LogP contribution in [0.4, 0.5) is 0 Å². The fourth-order valence-electron chi connectivity index (χ4n) is 1.58. The summed E-state index contributed by atoms with van der Waals surface area (Å²) in [4.78, 5) is 19.4. The number of nitrogens with zero attached hydrogens (tertiary/aromatic N) is 2. The molecule has 98 valence electrons. The zero-order valence-electron chi connectivity index (χ0n) is 11.0. The average Bonchev–Trinajstić information content (AvgIpc) is 2.47. The van der Waals surface area contributed by atoms with Crippen LogP contribution < -0.4 is 0 Å². The normalized spacial score (nSPS) is 10.2. The summed E-state index contributed by atoms with van der Waals surface area (Å²) in [5, 5.41) is 0.749. The van der Waals surface area contributed by atoms with E-state index in [4.69, 9.17) is 0 Å². The molecule has 0 aliphatic carbocycles. The van der Waals surface area contributed by atoms with E-state index in [2.05, 4.69) is 4.98 Å². The minimum atomic E-state index is 0.00836. The summed E-state index contributed by atoms with van der Waals surface area (Å²) >= 11 is 1.51. The molecule has 0 bridgehead atoms. The quantitative estimate of drug-likeness (QED) is 0.856. The third-order valence-corrected chi connectivity index (χ3v) is 3.81. The number of carbonyl (C=O) groups is 1. The molecule has 1 heterocycles. The minimum absolute atomic E-state index is 0.00836. The Hall–Kier alpha value is -1.81. The van der Waals surface area contributed by atoms with Gasteiger partial charge in [0.15, 0.2) is 0 Å². The van der Waals surface area contributed by atoms with Gasteiger partial charge < -0.3 is 4.90 Å². The van der Waals surface area contributed by atoms with Gasteiger partial charge in [-0.3, -0.25) is 4.79 Å². The molecular formula is C15H16N2OS. The number of hydrogen-bond acceptors (Lipinski definition) is 3. The van der Waals surface area contributed by atoms with Crippen molar-refractivity contribution in [1.29, 1.82) is 0 Å². The second-order valence-corrected chi connectivity index (χ2v) is 5.15. The standard InChI is InChI=1S/C15H16N2OS/c1-3-17(2)15(18)13-10-7-11-16-14(13)19-12-8-5-4-6-9-12/h4-11H,3H2,1-2H3. The van der Waals surface area contributed by atoms with Crippen LogP contribution in [0.3, 0.4) is 0 Å². The molecule has 0 unspecified atom stereocenters. The maximum atomic E-state index is 12.3. The molecule has 4 heteroatoms. The average molecular weight is 272 g/mol. The Morgan fingerprint density at radius 1 is 1.21 bits per heavy atom. The molecule has 0 N–H and O–H groups in total. The van der Waals surface area contributed by atoms with Crippen molar-refractivity contribution < 1.29 is 4.79 Å². The van der Waals surface area contributed by atoms with E-state index >= 15 is 0 Å². The van der Waals surface area contributed by atoms with Crippen molar-refractivity contribution in [1.82, 2.24) is 9.88 Å². The summed E-state index contributed by atoms with van der Waals surface area (Å²) in [6.45, 7) is 2.64. The van der Waals surface area contributed by atoms with Crippen LogP contribution in [0.1, 0.15) is 17.3 Å². The largest absolute Gasteiger partial charge is 0.342 e. The van der Waals surface area contributed by atoms with Crippen molar-refractivity contribution in [3.63, 3.8) is 0 Å².